The average Bonchev–Trinajstić information content (AvgIpc) is 3.23. The summed E-state index contributed by atoms with van der Waals surface area (Å²) in [6.45, 7) is 0. The van der Waals surface area contributed by atoms with Crippen molar-refractivity contribution in [3.05, 3.63) is 35.9 Å². The van der Waals surface area contributed by atoms with Gasteiger partial charge in [-0.15, -0.1) is 0 Å². The number of aryl methyl sites for hydroxylation is 1. The zero-order valence-electron chi connectivity index (χ0n) is 12.2. The summed E-state index contributed by atoms with van der Waals surface area (Å²) in [7, 11) is 0. The predicted octanol–water partition coefficient (Wildman–Crippen LogP) is 4.72. The first-order chi connectivity index (χ1) is 9.92. The number of nitrogens with zero attached hydrogens (tertiary/aromatic N) is 2. The highest BCUT2D eigenvalue weighted by Crippen LogP contribution is 2.43. The van der Waals surface area contributed by atoms with Gasteiger partial charge in [0.05, 0.1) is 18.0 Å². The zero-order chi connectivity index (χ0) is 13.4. The van der Waals surface area contributed by atoms with Gasteiger partial charge in [-0.2, -0.15) is 0 Å². The van der Waals surface area contributed by atoms with Gasteiger partial charge >= 0.3 is 0 Å². The van der Waals surface area contributed by atoms with Crippen molar-refractivity contribution >= 4 is 5.52 Å². The van der Waals surface area contributed by atoms with E-state index in [0.29, 0.717) is 0 Å². The minimum Gasteiger partial charge on any atom is -0.306 e. The molecule has 0 radical (unpaired) electrons. The first kappa shape index (κ1) is 12.4. The van der Waals surface area contributed by atoms with Gasteiger partial charge in [-0.25, -0.2) is 4.98 Å². The van der Waals surface area contributed by atoms with Crippen LogP contribution in [0.15, 0.2) is 24.8 Å². The molecule has 106 valence electrons. The molecule has 0 spiro atoms. The van der Waals surface area contributed by atoms with E-state index in [-0.39, 0.29) is 0 Å². The molecule has 0 aliphatic heterocycles. The predicted molar refractivity (Wildman–Crippen MR) is 82.1 cm³/mol. The molecule has 0 bridgehead atoms. The lowest BCUT2D eigenvalue weighted by Crippen LogP contribution is -2.08. The molecule has 2 aliphatic rings. The fraction of sp³-hybridized carbons (Fsp3) is 0.611. The third-order valence-electron chi connectivity index (χ3n) is 5.28. The van der Waals surface area contributed by atoms with Crippen molar-refractivity contribution in [2.75, 3.05) is 0 Å². The Labute approximate surface area is 121 Å². The van der Waals surface area contributed by atoms with Crippen molar-refractivity contribution in [3.63, 3.8) is 0 Å². The molecule has 2 heteroatoms. The summed E-state index contributed by atoms with van der Waals surface area (Å²) in [5, 5.41) is 0. The lowest BCUT2D eigenvalue weighted by Gasteiger charge is -2.22. The number of imidazole rings is 1. The summed E-state index contributed by atoms with van der Waals surface area (Å²) >= 11 is 0. The standard InChI is InChI=1S/C18H24N2/c1-2-4-14(5-3-1)6-9-17-16(15-7-8-15)10-11-20-13-19-12-18(17)20/h10-15H,1-9H2. The number of pyridine rings is 1. The highest BCUT2D eigenvalue weighted by molar-refractivity contribution is 5.58. The van der Waals surface area contributed by atoms with Crippen molar-refractivity contribution in [1.82, 2.24) is 9.38 Å². The first-order valence-corrected chi connectivity index (χ1v) is 8.35. The summed E-state index contributed by atoms with van der Waals surface area (Å²) in [6, 6.07) is 2.35. The van der Waals surface area contributed by atoms with Gasteiger partial charge in [0, 0.05) is 6.20 Å². The summed E-state index contributed by atoms with van der Waals surface area (Å²) in [5.41, 5.74) is 4.57. The number of aromatic nitrogens is 2. The van der Waals surface area contributed by atoms with Gasteiger partial charge in [0.25, 0.3) is 0 Å². The molecule has 2 saturated carbocycles. The van der Waals surface area contributed by atoms with Gasteiger partial charge in [-0.3, -0.25) is 0 Å². The Morgan fingerprint density at radius 3 is 2.75 bits per heavy atom. The van der Waals surface area contributed by atoms with Crippen LogP contribution in [0.2, 0.25) is 0 Å². The molecule has 4 rings (SSSR count). The third-order valence-corrected chi connectivity index (χ3v) is 5.28. The van der Waals surface area contributed by atoms with Crippen LogP contribution in [0, 0.1) is 5.92 Å². The Balaban J connectivity index is 1.59. The van der Waals surface area contributed by atoms with Crippen molar-refractivity contribution in [1.29, 1.82) is 0 Å². The van der Waals surface area contributed by atoms with Crippen molar-refractivity contribution in [2.45, 2.75) is 63.7 Å². The number of rotatable bonds is 4. The van der Waals surface area contributed by atoms with Gasteiger partial charge in [-0.1, -0.05) is 32.1 Å². The number of fused-ring (bicyclic) bond motifs is 1. The molecule has 0 amide bonds. The molecule has 2 heterocycles. The molecule has 2 aliphatic carbocycles. The van der Waals surface area contributed by atoms with Crippen LogP contribution >= 0.6 is 0 Å². The van der Waals surface area contributed by atoms with Crippen LogP contribution in [-0.2, 0) is 6.42 Å². The highest BCUT2D eigenvalue weighted by atomic mass is 15.0. The summed E-state index contributed by atoms with van der Waals surface area (Å²) in [5.74, 6) is 1.82. The van der Waals surface area contributed by atoms with Crippen LogP contribution in [0.5, 0.6) is 0 Å². The molecule has 2 nitrogen and oxygen atoms in total. The molecular formula is C18H24N2. The molecule has 2 fully saturated rings. The normalized spacial score (nSPS) is 20.6. The minimum atomic E-state index is 0.844. The smallest absolute Gasteiger partial charge is 0.0992 e. The Morgan fingerprint density at radius 1 is 1.10 bits per heavy atom. The van der Waals surface area contributed by atoms with Gasteiger partial charge < -0.3 is 4.40 Å². The van der Waals surface area contributed by atoms with E-state index in [1.54, 1.807) is 11.1 Å². The Kier molecular flexibility index (Phi) is 3.25. The fourth-order valence-corrected chi connectivity index (χ4v) is 3.94. The maximum absolute atomic E-state index is 4.34. The molecule has 2 aromatic heterocycles. The maximum Gasteiger partial charge on any atom is 0.0992 e. The summed E-state index contributed by atoms with van der Waals surface area (Å²) < 4.78 is 2.20. The largest absolute Gasteiger partial charge is 0.306 e. The van der Waals surface area contributed by atoms with Crippen molar-refractivity contribution < 1.29 is 0 Å². The third kappa shape index (κ3) is 2.36. The Morgan fingerprint density at radius 2 is 1.95 bits per heavy atom. The number of hydrogen-bond donors (Lipinski definition) is 0. The lowest BCUT2D eigenvalue weighted by molar-refractivity contribution is 0.339. The number of hydrogen-bond acceptors (Lipinski definition) is 1. The molecule has 0 aromatic carbocycles. The molecule has 2 aromatic rings. The fourth-order valence-electron chi connectivity index (χ4n) is 3.94. The van der Waals surface area contributed by atoms with E-state index in [0.717, 1.165) is 11.8 Å². The van der Waals surface area contributed by atoms with Crippen LogP contribution in [0.25, 0.3) is 5.52 Å². The molecular weight excluding hydrogens is 244 g/mol. The van der Waals surface area contributed by atoms with E-state index in [4.69, 9.17) is 0 Å². The molecule has 0 N–H and O–H groups in total. The van der Waals surface area contributed by atoms with Crippen LogP contribution in [0.3, 0.4) is 0 Å². The van der Waals surface area contributed by atoms with E-state index in [9.17, 15) is 0 Å². The average molecular weight is 268 g/mol. The second kappa shape index (κ2) is 5.23. The Hall–Kier alpha value is -1.31. The quantitative estimate of drug-likeness (QED) is 0.784. The van der Waals surface area contributed by atoms with E-state index in [1.165, 1.54) is 63.3 Å². The lowest BCUT2D eigenvalue weighted by atomic mass is 9.84. The van der Waals surface area contributed by atoms with Crippen LogP contribution in [0.1, 0.15) is 68.4 Å². The first-order valence-electron chi connectivity index (χ1n) is 8.35. The topological polar surface area (TPSA) is 17.3 Å². The SMILES string of the molecule is c1cn2cncc2c(CCC2CCCCC2)c1C1CC1. The minimum absolute atomic E-state index is 0.844. The summed E-state index contributed by atoms with van der Waals surface area (Å²) in [4.78, 5) is 4.34. The molecule has 0 saturated heterocycles. The van der Waals surface area contributed by atoms with Crippen molar-refractivity contribution in [2.24, 2.45) is 5.92 Å². The van der Waals surface area contributed by atoms with Gasteiger partial charge in [0.2, 0.25) is 0 Å². The van der Waals surface area contributed by atoms with E-state index >= 15 is 0 Å². The van der Waals surface area contributed by atoms with E-state index < -0.39 is 0 Å². The van der Waals surface area contributed by atoms with Crippen LogP contribution in [0.4, 0.5) is 0 Å². The maximum atomic E-state index is 4.34. The van der Waals surface area contributed by atoms with Gasteiger partial charge in [0.1, 0.15) is 0 Å². The van der Waals surface area contributed by atoms with E-state index in [2.05, 4.69) is 27.8 Å². The van der Waals surface area contributed by atoms with Crippen LogP contribution in [-0.4, -0.2) is 9.38 Å². The second-order valence-corrected chi connectivity index (χ2v) is 6.75. The second-order valence-electron chi connectivity index (χ2n) is 6.75. The monoisotopic (exact) mass is 268 g/mol. The highest BCUT2D eigenvalue weighted by Gasteiger charge is 2.27. The molecule has 0 atom stereocenters. The van der Waals surface area contributed by atoms with Crippen molar-refractivity contribution in [3.8, 4) is 0 Å². The van der Waals surface area contributed by atoms with Gasteiger partial charge in [-0.05, 0) is 54.7 Å². The molecule has 20 heavy (non-hydrogen) atoms. The summed E-state index contributed by atoms with van der Waals surface area (Å²) in [6.07, 6.45) is 18.9. The van der Waals surface area contributed by atoms with Gasteiger partial charge in [0.15, 0.2) is 0 Å². The Bertz CT molecular complexity index is 588. The van der Waals surface area contributed by atoms with Crippen LogP contribution < -0.4 is 0 Å². The molecule has 0 unspecified atom stereocenters. The zero-order valence-corrected chi connectivity index (χ0v) is 12.2. The van der Waals surface area contributed by atoms with E-state index in [1.807, 2.05) is 6.33 Å².